The van der Waals surface area contributed by atoms with Gasteiger partial charge in [-0.1, -0.05) is 17.7 Å². The van der Waals surface area contributed by atoms with Crippen LogP contribution in [0.2, 0.25) is 5.02 Å². The molecule has 1 N–H and O–H groups in total. The normalized spacial score (nSPS) is 16.7. The van der Waals surface area contributed by atoms with E-state index in [-0.39, 0.29) is 17.9 Å². The van der Waals surface area contributed by atoms with Gasteiger partial charge in [0, 0.05) is 66.4 Å². The molecule has 2 amide bonds. The van der Waals surface area contributed by atoms with Gasteiger partial charge in [0.05, 0.1) is 0 Å². The van der Waals surface area contributed by atoms with Crippen molar-refractivity contribution in [1.29, 1.82) is 0 Å². The molecule has 1 saturated carbocycles. The van der Waals surface area contributed by atoms with Crippen LogP contribution >= 0.6 is 11.6 Å². The van der Waals surface area contributed by atoms with Crippen LogP contribution in [-0.4, -0.2) is 53.1 Å². The number of halogens is 2. The fraction of sp³-hybridized carbons (Fsp3) is 0.522. The highest BCUT2D eigenvalue weighted by Crippen LogP contribution is 2.40. The fourth-order valence-electron chi connectivity index (χ4n) is 3.93. The third-order valence-corrected chi connectivity index (χ3v) is 6.20. The lowest BCUT2D eigenvalue weighted by Crippen LogP contribution is -2.53. The lowest BCUT2D eigenvalue weighted by atomic mass is 10.0. The number of amides is 2. The highest BCUT2D eigenvalue weighted by Gasteiger charge is 2.31. The zero-order valence-corrected chi connectivity index (χ0v) is 19.0. The summed E-state index contributed by atoms with van der Waals surface area (Å²) in [5.41, 5.74) is 2.23. The Bertz CT molecular complexity index is 950. The first-order valence-electron chi connectivity index (χ1n) is 10.9. The number of piperazine rings is 1. The molecule has 0 atom stereocenters. The van der Waals surface area contributed by atoms with E-state index < -0.39 is 0 Å². The van der Waals surface area contributed by atoms with Crippen molar-refractivity contribution in [3.8, 4) is 0 Å². The number of hydrogen-bond acceptors (Lipinski definition) is 4. The van der Waals surface area contributed by atoms with Crippen molar-refractivity contribution in [3.63, 3.8) is 0 Å². The number of nitrogens with zero attached hydrogens (tertiary/aromatic N) is 4. The van der Waals surface area contributed by atoms with Crippen LogP contribution in [0.5, 0.6) is 0 Å². The molecule has 1 aliphatic heterocycles. The molecule has 4 rings (SSSR count). The second-order valence-electron chi connectivity index (χ2n) is 8.70. The quantitative estimate of drug-likeness (QED) is 0.745. The van der Waals surface area contributed by atoms with Gasteiger partial charge < -0.3 is 15.1 Å². The Kier molecular flexibility index (Phi) is 6.32. The van der Waals surface area contributed by atoms with Crippen LogP contribution in [0.3, 0.4) is 0 Å². The predicted octanol–water partition coefficient (Wildman–Crippen LogP) is 4.29. The molecule has 166 valence electrons. The number of carbonyl (C=O) groups is 1. The van der Waals surface area contributed by atoms with Crippen molar-refractivity contribution in [1.82, 2.24) is 20.2 Å². The topological polar surface area (TPSA) is 61.4 Å². The minimum Gasteiger partial charge on any atom is -0.353 e. The average Bonchev–Trinajstić information content (AvgIpc) is 3.56. The lowest BCUT2D eigenvalue weighted by molar-refractivity contribution is 0.191. The zero-order valence-electron chi connectivity index (χ0n) is 18.3. The molecule has 2 fully saturated rings. The van der Waals surface area contributed by atoms with Gasteiger partial charge in [-0.25, -0.2) is 19.2 Å². The van der Waals surface area contributed by atoms with E-state index in [2.05, 4.69) is 10.2 Å². The van der Waals surface area contributed by atoms with Gasteiger partial charge in [0.1, 0.15) is 17.5 Å². The van der Waals surface area contributed by atoms with E-state index >= 15 is 0 Å². The standard InChI is InChI=1S/C23H29ClFN5O/c1-14(2)26-23(31)30-11-9-29(10-12-30)22-17(13-18-19(24)5-4-6-20(18)25)15(3)27-21(28-22)16-7-8-16/h4-6,14,16H,7-13H2,1-3H3,(H,26,31). The van der Waals surface area contributed by atoms with Crippen LogP contribution in [0, 0.1) is 12.7 Å². The molecular weight excluding hydrogens is 417 g/mol. The van der Waals surface area contributed by atoms with Gasteiger partial charge in [-0.15, -0.1) is 0 Å². The fourth-order valence-corrected chi connectivity index (χ4v) is 4.16. The van der Waals surface area contributed by atoms with Crippen molar-refractivity contribution >= 4 is 23.4 Å². The Labute approximate surface area is 187 Å². The maximum absolute atomic E-state index is 14.5. The molecule has 2 aliphatic rings. The van der Waals surface area contributed by atoms with Crippen molar-refractivity contribution < 1.29 is 9.18 Å². The van der Waals surface area contributed by atoms with Crippen LogP contribution in [0.25, 0.3) is 0 Å². The number of carbonyl (C=O) groups excluding carboxylic acids is 1. The predicted molar refractivity (Wildman–Crippen MR) is 120 cm³/mol. The van der Waals surface area contributed by atoms with Crippen LogP contribution in [0.4, 0.5) is 15.0 Å². The summed E-state index contributed by atoms with van der Waals surface area (Å²) in [6.07, 6.45) is 2.56. The van der Waals surface area contributed by atoms with E-state index in [9.17, 15) is 9.18 Å². The molecule has 2 aromatic rings. The molecule has 2 heterocycles. The highest BCUT2D eigenvalue weighted by molar-refractivity contribution is 6.31. The van der Waals surface area contributed by atoms with Gasteiger partial charge in [-0.3, -0.25) is 0 Å². The van der Waals surface area contributed by atoms with Crippen molar-refractivity contribution in [2.45, 2.75) is 52.0 Å². The van der Waals surface area contributed by atoms with Crippen molar-refractivity contribution in [2.24, 2.45) is 0 Å². The molecule has 1 aliphatic carbocycles. The van der Waals surface area contributed by atoms with Gasteiger partial charge >= 0.3 is 6.03 Å². The van der Waals surface area contributed by atoms with Gasteiger partial charge in [-0.05, 0) is 45.7 Å². The number of hydrogen-bond donors (Lipinski definition) is 1. The first-order valence-corrected chi connectivity index (χ1v) is 11.3. The van der Waals surface area contributed by atoms with E-state index in [1.807, 2.05) is 25.7 Å². The van der Waals surface area contributed by atoms with Crippen LogP contribution in [0.15, 0.2) is 18.2 Å². The van der Waals surface area contributed by atoms with E-state index in [1.165, 1.54) is 6.07 Å². The minimum atomic E-state index is -0.320. The molecule has 1 aromatic heterocycles. The summed E-state index contributed by atoms with van der Waals surface area (Å²) in [6.45, 7) is 8.44. The molecule has 0 bridgehead atoms. The summed E-state index contributed by atoms with van der Waals surface area (Å²) in [7, 11) is 0. The van der Waals surface area contributed by atoms with Crippen molar-refractivity contribution in [2.75, 3.05) is 31.1 Å². The molecule has 1 saturated heterocycles. The highest BCUT2D eigenvalue weighted by atomic mass is 35.5. The zero-order chi connectivity index (χ0) is 22.1. The smallest absolute Gasteiger partial charge is 0.317 e. The number of nitrogens with one attached hydrogen (secondary N) is 1. The summed E-state index contributed by atoms with van der Waals surface area (Å²) in [5.74, 6) is 1.81. The Balaban J connectivity index is 1.61. The summed E-state index contributed by atoms with van der Waals surface area (Å²) >= 11 is 6.31. The Morgan fingerprint density at radius 3 is 2.52 bits per heavy atom. The summed E-state index contributed by atoms with van der Waals surface area (Å²) in [4.78, 5) is 26.1. The van der Waals surface area contributed by atoms with Crippen molar-refractivity contribution in [3.05, 3.63) is 51.7 Å². The van der Waals surface area contributed by atoms with Gasteiger partial charge in [0.2, 0.25) is 0 Å². The van der Waals surface area contributed by atoms with E-state index in [1.54, 1.807) is 12.1 Å². The maximum atomic E-state index is 14.5. The van der Waals surface area contributed by atoms with Gasteiger partial charge in [-0.2, -0.15) is 0 Å². The van der Waals surface area contributed by atoms with Gasteiger partial charge in [0.25, 0.3) is 0 Å². The minimum absolute atomic E-state index is 0.0365. The average molecular weight is 446 g/mol. The Hall–Kier alpha value is -2.41. The second kappa shape index (κ2) is 8.99. The van der Waals surface area contributed by atoms with E-state index in [4.69, 9.17) is 21.6 Å². The lowest BCUT2D eigenvalue weighted by Gasteiger charge is -2.37. The summed E-state index contributed by atoms with van der Waals surface area (Å²) < 4.78 is 14.5. The monoisotopic (exact) mass is 445 g/mol. The largest absolute Gasteiger partial charge is 0.353 e. The number of urea groups is 1. The summed E-state index contributed by atoms with van der Waals surface area (Å²) in [6, 6.07) is 4.82. The van der Waals surface area contributed by atoms with Crippen LogP contribution in [0.1, 0.15) is 55.3 Å². The molecule has 0 unspecified atom stereocenters. The number of benzene rings is 1. The van der Waals surface area contributed by atoms with Crippen LogP contribution in [-0.2, 0) is 6.42 Å². The number of aromatic nitrogens is 2. The Morgan fingerprint density at radius 1 is 1.19 bits per heavy atom. The molecule has 1 aromatic carbocycles. The van der Waals surface area contributed by atoms with E-state index in [0.717, 1.165) is 35.7 Å². The van der Waals surface area contributed by atoms with E-state index in [0.29, 0.717) is 49.1 Å². The molecular formula is C23H29ClFN5O. The first-order chi connectivity index (χ1) is 14.8. The molecule has 0 radical (unpaired) electrons. The Morgan fingerprint density at radius 2 is 1.90 bits per heavy atom. The molecule has 8 heteroatoms. The number of aryl methyl sites for hydroxylation is 1. The maximum Gasteiger partial charge on any atom is 0.317 e. The number of anilines is 1. The number of rotatable bonds is 5. The SMILES string of the molecule is Cc1nc(C2CC2)nc(N2CCN(C(=O)NC(C)C)CC2)c1Cc1c(F)cccc1Cl. The second-order valence-corrected chi connectivity index (χ2v) is 9.11. The molecule has 0 spiro atoms. The van der Waals surface area contributed by atoms with Gasteiger partial charge in [0.15, 0.2) is 0 Å². The summed E-state index contributed by atoms with van der Waals surface area (Å²) in [5, 5.41) is 3.36. The third kappa shape index (κ3) is 4.92. The molecule has 31 heavy (non-hydrogen) atoms. The first kappa shape index (κ1) is 21.8. The third-order valence-electron chi connectivity index (χ3n) is 5.85. The molecule has 6 nitrogen and oxygen atoms in total. The van der Waals surface area contributed by atoms with Crippen LogP contribution < -0.4 is 10.2 Å².